The summed E-state index contributed by atoms with van der Waals surface area (Å²) in [7, 11) is 6.04. The second-order valence-corrected chi connectivity index (χ2v) is 6.95. The Kier molecular flexibility index (Phi) is 5.08. The summed E-state index contributed by atoms with van der Waals surface area (Å²) >= 11 is 0. The van der Waals surface area contributed by atoms with Crippen LogP contribution in [0.5, 0.6) is 0 Å². The molecule has 0 saturated heterocycles. The van der Waals surface area contributed by atoms with E-state index < -0.39 is 0 Å². The second kappa shape index (κ2) is 7.27. The summed E-state index contributed by atoms with van der Waals surface area (Å²) in [5.74, 6) is 1.15. The molecule has 1 aliphatic rings. The van der Waals surface area contributed by atoms with Crippen molar-refractivity contribution in [1.29, 1.82) is 0 Å². The van der Waals surface area contributed by atoms with Gasteiger partial charge in [-0.2, -0.15) is 5.10 Å². The van der Waals surface area contributed by atoms with Crippen molar-refractivity contribution < 1.29 is 4.79 Å². The van der Waals surface area contributed by atoms with Gasteiger partial charge in [-0.05, 0) is 37.5 Å². The molecule has 134 valence electrons. The summed E-state index contributed by atoms with van der Waals surface area (Å²) in [6.45, 7) is 3.56. The fraction of sp³-hybridized carbons (Fsp3) is 0.474. The molecule has 0 radical (unpaired) electrons. The molecule has 2 aromatic rings. The molecule has 0 aliphatic heterocycles. The molecule has 2 N–H and O–H groups in total. The van der Waals surface area contributed by atoms with E-state index in [1.807, 2.05) is 57.0 Å². The molecule has 1 heterocycles. The molecule has 3 rings (SSSR count). The second-order valence-electron chi connectivity index (χ2n) is 6.95. The van der Waals surface area contributed by atoms with Crippen LogP contribution < -0.4 is 15.5 Å². The Balaban J connectivity index is 1.56. The average molecular weight is 341 g/mol. The van der Waals surface area contributed by atoms with E-state index in [4.69, 9.17) is 0 Å². The first-order valence-corrected chi connectivity index (χ1v) is 8.76. The SMILES string of the molecule is Cc1nn(C)c(N(C)C)c1CNCc1ccc(C(=O)NC2CC2)cc1. The minimum absolute atomic E-state index is 0.0311. The highest BCUT2D eigenvalue weighted by Gasteiger charge is 2.23. The number of carbonyl (C=O) groups is 1. The van der Waals surface area contributed by atoms with Crippen LogP contribution in [0, 0.1) is 6.92 Å². The van der Waals surface area contributed by atoms with Crippen molar-refractivity contribution in [3.8, 4) is 0 Å². The topological polar surface area (TPSA) is 62.2 Å². The van der Waals surface area contributed by atoms with Crippen molar-refractivity contribution in [2.24, 2.45) is 7.05 Å². The first kappa shape index (κ1) is 17.5. The van der Waals surface area contributed by atoms with Gasteiger partial charge >= 0.3 is 0 Å². The molecular formula is C19H27N5O. The van der Waals surface area contributed by atoms with E-state index >= 15 is 0 Å². The maximum Gasteiger partial charge on any atom is 0.251 e. The van der Waals surface area contributed by atoms with Gasteiger partial charge < -0.3 is 15.5 Å². The van der Waals surface area contributed by atoms with Crippen molar-refractivity contribution >= 4 is 11.7 Å². The predicted octanol–water partition coefficient (Wildman–Crippen LogP) is 1.98. The van der Waals surface area contributed by atoms with Gasteiger partial charge in [0.2, 0.25) is 0 Å². The largest absolute Gasteiger partial charge is 0.363 e. The quantitative estimate of drug-likeness (QED) is 0.808. The zero-order valence-electron chi connectivity index (χ0n) is 15.5. The lowest BCUT2D eigenvalue weighted by atomic mass is 10.1. The molecule has 6 nitrogen and oxygen atoms in total. The van der Waals surface area contributed by atoms with Gasteiger partial charge in [-0.3, -0.25) is 9.48 Å². The zero-order chi connectivity index (χ0) is 18.0. The lowest BCUT2D eigenvalue weighted by molar-refractivity contribution is 0.0951. The Morgan fingerprint density at radius 1 is 1.24 bits per heavy atom. The third kappa shape index (κ3) is 4.20. The molecule has 1 aliphatic carbocycles. The third-order valence-electron chi connectivity index (χ3n) is 4.50. The van der Waals surface area contributed by atoms with Crippen LogP contribution in [-0.4, -0.2) is 35.8 Å². The normalized spacial score (nSPS) is 13.8. The zero-order valence-corrected chi connectivity index (χ0v) is 15.5. The molecule has 0 unspecified atom stereocenters. The van der Waals surface area contributed by atoms with Crippen molar-refractivity contribution in [3.05, 3.63) is 46.6 Å². The first-order chi connectivity index (χ1) is 12.0. The van der Waals surface area contributed by atoms with Gasteiger partial charge in [0.15, 0.2) is 0 Å². The maximum atomic E-state index is 12.0. The maximum absolute atomic E-state index is 12.0. The van der Waals surface area contributed by atoms with Crippen molar-refractivity contribution in [2.75, 3.05) is 19.0 Å². The molecule has 1 amide bonds. The Labute approximate surface area is 149 Å². The molecule has 25 heavy (non-hydrogen) atoms. The Morgan fingerprint density at radius 3 is 2.52 bits per heavy atom. The number of aromatic nitrogens is 2. The number of aryl methyl sites for hydroxylation is 2. The van der Waals surface area contributed by atoms with Gasteiger partial charge in [0.25, 0.3) is 5.91 Å². The molecule has 1 aromatic carbocycles. The highest BCUT2D eigenvalue weighted by atomic mass is 16.1. The van der Waals surface area contributed by atoms with Gasteiger partial charge in [0.05, 0.1) is 5.69 Å². The number of nitrogens with zero attached hydrogens (tertiary/aromatic N) is 3. The smallest absolute Gasteiger partial charge is 0.251 e. The Hall–Kier alpha value is -2.34. The van der Waals surface area contributed by atoms with E-state index in [1.165, 1.54) is 5.56 Å². The molecule has 1 aromatic heterocycles. The molecule has 1 fully saturated rings. The van der Waals surface area contributed by atoms with Crippen LogP contribution in [0.4, 0.5) is 5.82 Å². The van der Waals surface area contributed by atoms with Crippen LogP contribution in [0.1, 0.15) is 40.0 Å². The highest BCUT2D eigenvalue weighted by molar-refractivity contribution is 5.94. The molecule has 0 bridgehead atoms. The molecular weight excluding hydrogens is 314 g/mol. The van der Waals surface area contributed by atoms with E-state index in [0.717, 1.165) is 48.6 Å². The molecule has 0 atom stereocenters. The van der Waals surface area contributed by atoms with Gasteiger partial charge in [0, 0.05) is 51.4 Å². The van der Waals surface area contributed by atoms with Crippen molar-refractivity contribution in [2.45, 2.75) is 38.9 Å². The fourth-order valence-corrected chi connectivity index (χ4v) is 3.06. The molecule has 0 spiro atoms. The van der Waals surface area contributed by atoms with E-state index in [2.05, 4.69) is 20.6 Å². The van der Waals surface area contributed by atoms with Crippen molar-refractivity contribution in [1.82, 2.24) is 20.4 Å². The number of carbonyl (C=O) groups excluding carboxylic acids is 1. The summed E-state index contributed by atoms with van der Waals surface area (Å²) in [4.78, 5) is 14.1. The van der Waals surface area contributed by atoms with Crippen LogP contribution in [-0.2, 0) is 20.1 Å². The number of benzene rings is 1. The van der Waals surface area contributed by atoms with Crippen LogP contribution in [0.2, 0.25) is 0 Å². The summed E-state index contributed by atoms with van der Waals surface area (Å²) in [5, 5.41) is 11.0. The number of hydrogen-bond acceptors (Lipinski definition) is 4. The standard InChI is InChI=1S/C19H27N5O/c1-13-17(19(23(2)3)24(4)22-13)12-20-11-14-5-7-15(8-6-14)18(25)21-16-9-10-16/h5-8,16,20H,9-12H2,1-4H3,(H,21,25). The molecule has 6 heteroatoms. The van der Waals surface area contributed by atoms with Crippen LogP contribution in [0.3, 0.4) is 0 Å². The van der Waals surface area contributed by atoms with Crippen LogP contribution in [0.15, 0.2) is 24.3 Å². The monoisotopic (exact) mass is 341 g/mol. The number of nitrogens with one attached hydrogen (secondary N) is 2. The minimum atomic E-state index is 0.0311. The van der Waals surface area contributed by atoms with Gasteiger partial charge in [-0.25, -0.2) is 0 Å². The lowest BCUT2D eigenvalue weighted by Crippen LogP contribution is -2.25. The predicted molar refractivity (Wildman–Crippen MR) is 99.7 cm³/mol. The summed E-state index contributed by atoms with van der Waals surface area (Å²) in [6.07, 6.45) is 2.22. The highest BCUT2D eigenvalue weighted by Crippen LogP contribution is 2.21. The number of anilines is 1. The Bertz CT molecular complexity index is 744. The number of rotatable bonds is 7. The number of amides is 1. The summed E-state index contributed by atoms with van der Waals surface area (Å²) in [5.41, 5.74) is 4.16. The van der Waals surface area contributed by atoms with E-state index in [1.54, 1.807) is 0 Å². The summed E-state index contributed by atoms with van der Waals surface area (Å²) < 4.78 is 1.92. The van der Waals surface area contributed by atoms with Crippen molar-refractivity contribution in [3.63, 3.8) is 0 Å². The Morgan fingerprint density at radius 2 is 1.92 bits per heavy atom. The van der Waals surface area contributed by atoms with E-state index in [9.17, 15) is 4.79 Å². The fourth-order valence-electron chi connectivity index (χ4n) is 3.06. The first-order valence-electron chi connectivity index (χ1n) is 8.76. The summed E-state index contributed by atoms with van der Waals surface area (Å²) in [6, 6.07) is 8.21. The van der Waals surface area contributed by atoms with E-state index in [0.29, 0.717) is 6.04 Å². The lowest BCUT2D eigenvalue weighted by Gasteiger charge is -2.15. The van der Waals surface area contributed by atoms with Crippen LogP contribution in [0.25, 0.3) is 0 Å². The van der Waals surface area contributed by atoms with Gasteiger partial charge in [0.1, 0.15) is 5.82 Å². The average Bonchev–Trinajstić information content (AvgIpc) is 3.32. The third-order valence-corrected chi connectivity index (χ3v) is 4.50. The van der Waals surface area contributed by atoms with Crippen LogP contribution >= 0.6 is 0 Å². The van der Waals surface area contributed by atoms with Gasteiger partial charge in [-0.15, -0.1) is 0 Å². The number of hydrogen-bond donors (Lipinski definition) is 2. The molecule has 1 saturated carbocycles. The van der Waals surface area contributed by atoms with Gasteiger partial charge in [-0.1, -0.05) is 12.1 Å². The van der Waals surface area contributed by atoms with E-state index in [-0.39, 0.29) is 5.91 Å². The minimum Gasteiger partial charge on any atom is -0.363 e.